The molecule has 6 nitrogen and oxygen atoms in total. The lowest BCUT2D eigenvalue weighted by Gasteiger charge is -2.11. The molecule has 1 aromatic carbocycles. The number of hydrogen-bond acceptors (Lipinski definition) is 5. The Hall–Kier alpha value is -1.74. The van der Waals surface area contributed by atoms with E-state index in [1.54, 1.807) is 7.48 Å². The van der Waals surface area contributed by atoms with Gasteiger partial charge in [-0.05, 0) is 28.7 Å². The normalized spacial score (nSPS) is 17.0. The van der Waals surface area contributed by atoms with Crippen LogP contribution in [0.4, 0.5) is 0 Å². The first-order valence-electron chi connectivity index (χ1n) is 6.82. The summed E-state index contributed by atoms with van der Waals surface area (Å²) in [5, 5.41) is 0. The van der Waals surface area contributed by atoms with Crippen LogP contribution in [0.1, 0.15) is 17.2 Å². The van der Waals surface area contributed by atoms with Gasteiger partial charge in [-0.2, -0.15) is 0 Å². The summed E-state index contributed by atoms with van der Waals surface area (Å²) in [4.78, 5) is 4.01. The third-order valence-electron chi connectivity index (χ3n) is 3.55. The number of aromatic nitrogens is 1. The van der Waals surface area contributed by atoms with Crippen molar-refractivity contribution in [2.45, 2.75) is 17.5 Å². The second-order valence-electron chi connectivity index (χ2n) is 4.91. The zero-order valence-electron chi connectivity index (χ0n) is 11.8. The van der Waals surface area contributed by atoms with Crippen LogP contribution in [0.25, 0.3) is 0 Å². The maximum Gasteiger partial charge on any atom is 0.331 e. The van der Waals surface area contributed by atoms with E-state index in [0.29, 0.717) is 6.54 Å². The molecule has 0 saturated carbocycles. The highest BCUT2D eigenvalue weighted by molar-refractivity contribution is 7.89. The predicted octanol–water partition coefficient (Wildman–Crippen LogP) is -0.165. The fraction of sp³-hybridized carbons (Fsp3) is 0.214. The van der Waals surface area contributed by atoms with E-state index >= 15 is 0 Å². The van der Waals surface area contributed by atoms with Gasteiger partial charge in [-0.1, -0.05) is 18.2 Å². The summed E-state index contributed by atoms with van der Waals surface area (Å²) >= 11 is 0. The molecule has 0 saturated heterocycles. The van der Waals surface area contributed by atoms with Gasteiger partial charge >= 0.3 is 7.48 Å². The molecular formula is C14H15BN3O3S. The van der Waals surface area contributed by atoms with Gasteiger partial charge in [0.2, 0.25) is 10.0 Å². The summed E-state index contributed by atoms with van der Waals surface area (Å²) in [6.45, 7) is 0.570. The van der Waals surface area contributed by atoms with E-state index < -0.39 is 10.0 Å². The molecule has 3 rings (SSSR count). The number of hydrogen-bond donors (Lipinski definition) is 2. The maximum absolute atomic E-state index is 12.2. The fourth-order valence-electron chi connectivity index (χ4n) is 2.39. The summed E-state index contributed by atoms with van der Waals surface area (Å²) in [7, 11) is -1.92. The van der Waals surface area contributed by atoms with Gasteiger partial charge in [0.1, 0.15) is 0 Å². The first kappa shape index (κ1) is 15.2. The van der Waals surface area contributed by atoms with Gasteiger partial charge < -0.3 is 10.4 Å². The Morgan fingerprint density at radius 2 is 2.05 bits per heavy atom. The van der Waals surface area contributed by atoms with Crippen LogP contribution in [-0.4, -0.2) is 27.4 Å². The average molecular weight is 316 g/mol. The Morgan fingerprint density at radius 1 is 1.27 bits per heavy atom. The second kappa shape index (κ2) is 6.17. The van der Waals surface area contributed by atoms with E-state index in [0.717, 1.165) is 16.6 Å². The highest BCUT2D eigenvalue weighted by atomic mass is 32.2. The van der Waals surface area contributed by atoms with Gasteiger partial charge in [-0.15, -0.1) is 0 Å². The van der Waals surface area contributed by atoms with E-state index in [9.17, 15) is 8.42 Å². The molecule has 1 atom stereocenters. The molecule has 0 aliphatic carbocycles. The first-order valence-corrected chi connectivity index (χ1v) is 8.30. The third kappa shape index (κ3) is 2.91. The molecule has 2 heterocycles. The zero-order valence-corrected chi connectivity index (χ0v) is 12.6. The van der Waals surface area contributed by atoms with E-state index in [1.807, 2.05) is 18.2 Å². The monoisotopic (exact) mass is 316 g/mol. The number of pyridine rings is 1. The molecule has 0 bridgehead atoms. The lowest BCUT2D eigenvalue weighted by molar-refractivity contribution is 0.243. The smallest absolute Gasteiger partial charge is 0.331 e. The lowest BCUT2D eigenvalue weighted by Crippen LogP contribution is -2.28. The van der Waals surface area contributed by atoms with Crippen molar-refractivity contribution in [1.29, 1.82) is 0 Å². The number of benzene rings is 1. The molecule has 8 heteroatoms. The minimum absolute atomic E-state index is 0.160. The Labute approximate surface area is 130 Å². The fourth-order valence-corrected chi connectivity index (χ4v) is 3.38. The van der Waals surface area contributed by atoms with Crippen LogP contribution in [0, 0.1) is 0 Å². The molecule has 0 spiro atoms. The van der Waals surface area contributed by atoms with Crippen molar-refractivity contribution < 1.29 is 13.1 Å². The minimum Gasteiger partial charge on any atom is -0.426 e. The van der Waals surface area contributed by atoms with Crippen molar-refractivity contribution in [3.63, 3.8) is 0 Å². The SMILES string of the molecule is NC[C@H]1O[B]c2c(CNS(=O)(=O)c3ccncc3)cccc21. The van der Waals surface area contributed by atoms with Crippen molar-refractivity contribution in [3.8, 4) is 0 Å². The Balaban J connectivity index is 1.80. The second-order valence-corrected chi connectivity index (χ2v) is 6.67. The van der Waals surface area contributed by atoms with Crippen LogP contribution >= 0.6 is 0 Å². The molecular weight excluding hydrogens is 301 g/mol. The lowest BCUT2D eigenvalue weighted by atomic mass is 9.82. The van der Waals surface area contributed by atoms with Gasteiger partial charge in [0.25, 0.3) is 0 Å². The molecule has 2 aromatic rings. The first-order chi connectivity index (χ1) is 10.6. The average Bonchev–Trinajstić information content (AvgIpc) is 2.97. The Kier molecular flexibility index (Phi) is 4.26. The van der Waals surface area contributed by atoms with Gasteiger partial charge in [0, 0.05) is 25.5 Å². The zero-order chi connectivity index (χ0) is 15.6. The topological polar surface area (TPSA) is 94.3 Å². The highest BCUT2D eigenvalue weighted by Crippen LogP contribution is 2.21. The molecule has 0 unspecified atom stereocenters. The van der Waals surface area contributed by atoms with Crippen LogP contribution in [0.3, 0.4) is 0 Å². The van der Waals surface area contributed by atoms with Gasteiger partial charge in [0.05, 0.1) is 11.0 Å². The van der Waals surface area contributed by atoms with Crippen LogP contribution in [0.2, 0.25) is 0 Å². The largest absolute Gasteiger partial charge is 0.426 e. The molecule has 0 amide bonds. The van der Waals surface area contributed by atoms with E-state index in [1.165, 1.54) is 24.5 Å². The molecule has 22 heavy (non-hydrogen) atoms. The van der Waals surface area contributed by atoms with E-state index in [4.69, 9.17) is 10.4 Å². The molecule has 113 valence electrons. The summed E-state index contributed by atoms with van der Waals surface area (Å²) in [5.74, 6) is 0. The van der Waals surface area contributed by atoms with Gasteiger partial charge in [0.15, 0.2) is 0 Å². The van der Waals surface area contributed by atoms with Crippen LogP contribution in [0.5, 0.6) is 0 Å². The predicted molar refractivity (Wildman–Crippen MR) is 83.0 cm³/mol. The van der Waals surface area contributed by atoms with E-state index in [-0.39, 0.29) is 17.5 Å². The molecule has 1 radical (unpaired) electrons. The van der Waals surface area contributed by atoms with Crippen molar-refractivity contribution in [2.75, 3.05) is 6.54 Å². The molecule has 1 aliphatic rings. The number of rotatable bonds is 5. The number of fused-ring (bicyclic) bond motifs is 1. The molecule has 0 fully saturated rings. The minimum atomic E-state index is -3.56. The van der Waals surface area contributed by atoms with Gasteiger partial charge in [-0.3, -0.25) is 4.98 Å². The quantitative estimate of drug-likeness (QED) is 0.747. The van der Waals surface area contributed by atoms with Crippen LogP contribution < -0.4 is 15.9 Å². The van der Waals surface area contributed by atoms with Crippen molar-refractivity contribution in [1.82, 2.24) is 9.71 Å². The third-order valence-corrected chi connectivity index (χ3v) is 4.97. The van der Waals surface area contributed by atoms with Crippen LogP contribution in [-0.2, 0) is 21.2 Å². The highest BCUT2D eigenvalue weighted by Gasteiger charge is 2.25. The number of sulfonamides is 1. The molecule has 1 aliphatic heterocycles. The summed E-state index contributed by atoms with van der Waals surface area (Å²) in [6, 6.07) is 8.60. The standard InChI is InChI=1S/C14H15BN3O3S/c16-8-13-12-3-1-2-10(14(12)15-21-13)9-18-22(19,20)11-4-6-17-7-5-11/h1-7,13,18H,8-9,16H2/t13-/m1/s1. The number of nitrogens with zero attached hydrogens (tertiary/aromatic N) is 1. The Bertz CT molecular complexity index is 768. The van der Waals surface area contributed by atoms with Crippen molar-refractivity contribution in [3.05, 3.63) is 53.9 Å². The molecule has 3 N–H and O–H groups in total. The number of nitrogens with two attached hydrogens (primary N) is 1. The summed E-state index contributed by atoms with van der Waals surface area (Å²) < 4.78 is 32.5. The number of nitrogens with one attached hydrogen (secondary N) is 1. The maximum atomic E-state index is 12.2. The summed E-state index contributed by atoms with van der Waals surface area (Å²) in [6.07, 6.45) is 2.73. The van der Waals surface area contributed by atoms with Gasteiger partial charge in [-0.25, -0.2) is 13.1 Å². The van der Waals surface area contributed by atoms with Crippen LogP contribution in [0.15, 0.2) is 47.6 Å². The Morgan fingerprint density at radius 3 is 2.77 bits per heavy atom. The van der Waals surface area contributed by atoms with Crippen molar-refractivity contribution >= 4 is 23.0 Å². The summed E-state index contributed by atoms with van der Waals surface area (Å²) in [5.41, 5.74) is 8.40. The van der Waals surface area contributed by atoms with Crippen molar-refractivity contribution in [2.24, 2.45) is 5.73 Å². The van der Waals surface area contributed by atoms with E-state index in [2.05, 4.69) is 9.71 Å². The molecule has 1 aromatic heterocycles.